The summed E-state index contributed by atoms with van der Waals surface area (Å²) in [6.07, 6.45) is 0. The lowest BCUT2D eigenvalue weighted by atomic mass is 10.3. The van der Waals surface area contributed by atoms with Gasteiger partial charge in [-0.3, -0.25) is 4.79 Å². The van der Waals surface area contributed by atoms with E-state index in [-0.39, 0.29) is 18.3 Å². The molecule has 2 aromatic rings. The molecule has 10 heteroatoms. The van der Waals surface area contributed by atoms with E-state index in [1.165, 1.54) is 16.4 Å². The molecule has 0 aliphatic carbocycles. The molecule has 1 fully saturated rings. The Bertz CT molecular complexity index is 748. The molecule has 0 spiro atoms. The van der Waals surface area contributed by atoms with Crippen molar-refractivity contribution in [3.8, 4) is 11.5 Å². The SMILES string of the molecule is COc1cccc(OCc2nnc(SCC(=O)N3CCOCC3)n2N)c1. The van der Waals surface area contributed by atoms with E-state index in [2.05, 4.69) is 10.2 Å². The lowest BCUT2D eigenvalue weighted by Gasteiger charge is -2.26. The van der Waals surface area contributed by atoms with Crippen LogP contribution in [0.3, 0.4) is 0 Å². The Kier molecular flexibility index (Phi) is 6.18. The number of hydrogen-bond donors (Lipinski definition) is 1. The average Bonchev–Trinajstić information content (AvgIpc) is 3.05. The van der Waals surface area contributed by atoms with Crippen LogP contribution in [0.2, 0.25) is 0 Å². The Balaban J connectivity index is 1.53. The van der Waals surface area contributed by atoms with Gasteiger partial charge in [0.25, 0.3) is 0 Å². The summed E-state index contributed by atoms with van der Waals surface area (Å²) >= 11 is 1.25. The van der Waals surface area contributed by atoms with Crippen LogP contribution in [0.15, 0.2) is 29.4 Å². The molecule has 0 atom stereocenters. The van der Waals surface area contributed by atoms with Gasteiger partial charge in [0.2, 0.25) is 11.1 Å². The summed E-state index contributed by atoms with van der Waals surface area (Å²) in [7, 11) is 1.59. The van der Waals surface area contributed by atoms with E-state index in [4.69, 9.17) is 20.1 Å². The Labute approximate surface area is 155 Å². The van der Waals surface area contributed by atoms with Crippen molar-refractivity contribution in [1.82, 2.24) is 19.8 Å². The van der Waals surface area contributed by atoms with E-state index in [9.17, 15) is 4.79 Å². The predicted octanol–water partition coefficient (Wildman–Crippen LogP) is 0.530. The van der Waals surface area contributed by atoms with Crippen molar-refractivity contribution < 1.29 is 19.0 Å². The molecular formula is C16H21N5O4S. The summed E-state index contributed by atoms with van der Waals surface area (Å²) in [6, 6.07) is 7.25. The van der Waals surface area contributed by atoms with Gasteiger partial charge >= 0.3 is 0 Å². The fraction of sp³-hybridized carbons (Fsp3) is 0.438. The van der Waals surface area contributed by atoms with E-state index >= 15 is 0 Å². The molecule has 1 saturated heterocycles. The number of rotatable bonds is 7. The minimum Gasteiger partial charge on any atom is -0.497 e. The molecule has 1 aliphatic heterocycles. The van der Waals surface area contributed by atoms with E-state index in [1.54, 1.807) is 18.1 Å². The lowest BCUT2D eigenvalue weighted by Crippen LogP contribution is -2.41. The number of nitrogens with two attached hydrogens (primary N) is 1. The van der Waals surface area contributed by atoms with Crippen molar-refractivity contribution in [2.75, 3.05) is 45.0 Å². The van der Waals surface area contributed by atoms with E-state index < -0.39 is 0 Å². The highest BCUT2D eigenvalue weighted by molar-refractivity contribution is 7.99. The third kappa shape index (κ3) is 4.58. The number of benzene rings is 1. The van der Waals surface area contributed by atoms with Crippen LogP contribution in [0.5, 0.6) is 11.5 Å². The standard InChI is InChI=1S/C16H21N5O4S/c1-23-12-3-2-4-13(9-12)25-10-14-18-19-16(21(14)17)26-11-15(22)20-5-7-24-8-6-20/h2-4,9H,5-8,10-11,17H2,1H3. The number of nitrogens with zero attached hydrogens (tertiary/aromatic N) is 4. The fourth-order valence-corrected chi connectivity index (χ4v) is 3.15. The van der Waals surface area contributed by atoms with Crippen molar-refractivity contribution in [2.45, 2.75) is 11.8 Å². The molecule has 0 saturated carbocycles. The number of ether oxygens (including phenoxy) is 3. The lowest BCUT2D eigenvalue weighted by molar-refractivity contribution is -0.132. The number of thioether (sulfide) groups is 1. The number of hydrogen-bond acceptors (Lipinski definition) is 8. The number of nitrogen functional groups attached to an aromatic ring is 1. The largest absolute Gasteiger partial charge is 0.497 e. The van der Waals surface area contributed by atoms with Gasteiger partial charge < -0.3 is 25.0 Å². The predicted molar refractivity (Wildman–Crippen MR) is 95.6 cm³/mol. The maximum Gasteiger partial charge on any atom is 0.233 e. The van der Waals surface area contributed by atoms with Crippen molar-refractivity contribution in [3.63, 3.8) is 0 Å². The normalized spacial score (nSPS) is 14.3. The summed E-state index contributed by atoms with van der Waals surface area (Å²) in [5.74, 6) is 8.12. The van der Waals surface area contributed by atoms with Gasteiger partial charge in [-0.2, -0.15) is 0 Å². The van der Waals surface area contributed by atoms with Crippen LogP contribution in [0.25, 0.3) is 0 Å². The zero-order valence-electron chi connectivity index (χ0n) is 14.5. The average molecular weight is 379 g/mol. The Hall–Kier alpha value is -2.46. The second kappa shape index (κ2) is 8.77. The van der Waals surface area contributed by atoms with Gasteiger partial charge in [-0.15, -0.1) is 10.2 Å². The van der Waals surface area contributed by atoms with E-state index in [0.717, 1.165) is 0 Å². The minimum absolute atomic E-state index is 0.0375. The summed E-state index contributed by atoms with van der Waals surface area (Å²) in [4.78, 5) is 14.0. The molecule has 140 valence electrons. The topological polar surface area (TPSA) is 105 Å². The van der Waals surface area contributed by atoms with Gasteiger partial charge in [0.15, 0.2) is 5.82 Å². The van der Waals surface area contributed by atoms with Crippen LogP contribution in [0.4, 0.5) is 0 Å². The molecule has 0 bridgehead atoms. The summed E-state index contributed by atoms with van der Waals surface area (Å²) < 4.78 is 17.4. The first-order valence-electron chi connectivity index (χ1n) is 8.12. The van der Waals surface area contributed by atoms with Gasteiger partial charge in [-0.1, -0.05) is 17.8 Å². The van der Waals surface area contributed by atoms with Crippen molar-refractivity contribution in [1.29, 1.82) is 0 Å². The highest BCUT2D eigenvalue weighted by Gasteiger charge is 2.19. The van der Waals surface area contributed by atoms with Crippen molar-refractivity contribution >= 4 is 17.7 Å². The highest BCUT2D eigenvalue weighted by Crippen LogP contribution is 2.20. The van der Waals surface area contributed by atoms with Crippen LogP contribution in [0.1, 0.15) is 5.82 Å². The zero-order chi connectivity index (χ0) is 18.4. The smallest absolute Gasteiger partial charge is 0.233 e. The summed E-state index contributed by atoms with van der Waals surface area (Å²) in [6.45, 7) is 2.56. The number of morpholine rings is 1. The van der Waals surface area contributed by atoms with Gasteiger partial charge in [-0.25, -0.2) is 4.68 Å². The number of carbonyl (C=O) groups excluding carboxylic acids is 1. The molecule has 1 amide bonds. The van der Waals surface area contributed by atoms with E-state index in [0.29, 0.717) is 48.8 Å². The maximum absolute atomic E-state index is 12.2. The van der Waals surface area contributed by atoms with Crippen LogP contribution in [-0.2, 0) is 16.1 Å². The molecule has 0 unspecified atom stereocenters. The van der Waals surface area contributed by atoms with E-state index in [1.807, 2.05) is 18.2 Å². The molecule has 2 N–H and O–H groups in total. The monoisotopic (exact) mass is 379 g/mol. The highest BCUT2D eigenvalue weighted by atomic mass is 32.2. The van der Waals surface area contributed by atoms with Gasteiger partial charge in [0.1, 0.15) is 18.1 Å². The molecule has 1 aromatic carbocycles. The number of aromatic nitrogens is 3. The van der Waals surface area contributed by atoms with Crippen molar-refractivity contribution in [3.05, 3.63) is 30.1 Å². The van der Waals surface area contributed by atoms with Gasteiger partial charge in [0.05, 0.1) is 26.1 Å². The Morgan fingerprint density at radius 2 is 2.08 bits per heavy atom. The molecule has 1 aromatic heterocycles. The fourth-order valence-electron chi connectivity index (χ4n) is 2.37. The second-order valence-corrected chi connectivity index (χ2v) is 6.46. The number of carbonyl (C=O) groups is 1. The molecular weight excluding hydrogens is 358 g/mol. The Morgan fingerprint density at radius 3 is 2.85 bits per heavy atom. The molecule has 3 rings (SSSR count). The molecule has 9 nitrogen and oxygen atoms in total. The molecule has 2 heterocycles. The number of methoxy groups -OCH3 is 1. The zero-order valence-corrected chi connectivity index (χ0v) is 15.3. The first-order valence-corrected chi connectivity index (χ1v) is 9.10. The first kappa shape index (κ1) is 18.3. The quantitative estimate of drug-likeness (QED) is 0.549. The van der Waals surface area contributed by atoms with Crippen LogP contribution < -0.4 is 15.3 Å². The second-order valence-electron chi connectivity index (χ2n) is 5.52. The first-order chi connectivity index (χ1) is 12.7. The molecule has 1 aliphatic rings. The molecule has 0 radical (unpaired) electrons. The third-order valence-electron chi connectivity index (χ3n) is 3.83. The summed E-state index contributed by atoms with van der Waals surface area (Å²) in [5, 5.41) is 8.53. The Morgan fingerprint density at radius 1 is 1.31 bits per heavy atom. The van der Waals surface area contributed by atoms with Crippen LogP contribution in [-0.4, -0.2) is 64.8 Å². The van der Waals surface area contributed by atoms with Crippen molar-refractivity contribution in [2.24, 2.45) is 0 Å². The van der Waals surface area contributed by atoms with Crippen LogP contribution >= 0.6 is 11.8 Å². The maximum atomic E-state index is 12.2. The van der Waals surface area contributed by atoms with Crippen LogP contribution in [0, 0.1) is 0 Å². The minimum atomic E-state index is 0.0375. The van der Waals surface area contributed by atoms with Gasteiger partial charge in [-0.05, 0) is 12.1 Å². The number of amides is 1. The van der Waals surface area contributed by atoms with Gasteiger partial charge in [0, 0.05) is 19.2 Å². The molecule has 26 heavy (non-hydrogen) atoms. The third-order valence-corrected chi connectivity index (χ3v) is 4.76. The summed E-state index contributed by atoms with van der Waals surface area (Å²) in [5.41, 5.74) is 0.